The minimum atomic E-state index is 0.466. The Morgan fingerprint density at radius 3 is 2.75 bits per heavy atom. The van der Waals surface area contributed by atoms with Crippen molar-refractivity contribution in [3.05, 3.63) is 0 Å². The highest BCUT2D eigenvalue weighted by Crippen LogP contribution is 1.82. The summed E-state index contributed by atoms with van der Waals surface area (Å²) in [5, 5.41) is 8.13. The number of aliphatic imine (C=N–C) groups is 1. The summed E-state index contributed by atoms with van der Waals surface area (Å²) in [6.45, 7) is 4.61. The van der Waals surface area contributed by atoms with Gasteiger partial charge in [-0.2, -0.15) is 5.26 Å². The predicted molar refractivity (Wildman–Crippen MR) is 33.9 cm³/mol. The van der Waals surface area contributed by atoms with E-state index in [1.165, 1.54) is 0 Å². The summed E-state index contributed by atoms with van der Waals surface area (Å²) in [6, 6.07) is 2.02. The molecule has 0 rings (SSSR count). The van der Waals surface area contributed by atoms with Gasteiger partial charge in [0.25, 0.3) is 0 Å². The van der Waals surface area contributed by atoms with Crippen molar-refractivity contribution in [1.29, 1.82) is 5.26 Å². The van der Waals surface area contributed by atoms with E-state index < -0.39 is 0 Å². The highest BCUT2D eigenvalue weighted by atomic mass is 14.7. The van der Waals surface area contributed by atoms with Gasteiger partial charge in [0.2, 0.25) is 0 Å². The fourth-order valence-electron chi connectivity index (χ4n) is 0.440. The van der Waals surface area contributed by atoms with Crippen LogP contribution in [0.25, 0.3) is 0 Å². The molecule has 0 atom stereocenters. The molecule has 8 heavy (non-hydrogen) atoms. The molecule has 0 radical (unpaired) electrons. The van der Waals surface area contributed by atoms with Crippen molar-refractivity contribution >= 4 is 5.71 Å². The lowest BCUT2D eigenvalue weighted by molar-refractivity contribution is 1.11. The summed E-state index contributed by atoms with van der Waals surface area (Å²) in [5.41, 5.74) is 0.926. The van der Waals surface area contributed by atoms with Gasteiger partial charge in [-0.3, -0.25) is 4.99 Å². The van der Waals surface area contributed by atoms with E-state index in [2.05, 4.69) is 4.99 Å². The average molecular weight is 110 g/mol. The van der Waals surface area contributed by atoms with Crippen LogP contribution < -0.4 is 0 Å². The molecular weight excluding hydrogens is 100 g/mol. The zero-order valence-corrected chi connectivity index (χ0v) is 5.31. The molecule has 0 unspecified atom stereocenters. The molecule has 0 spiro atoms. The summed E-state index contributed by atoms with van der Waals surface area (Å²) < 4.78 is 0. The summed E-state index contributed by atoms with van der Waals surface area (Å²) in [5.74, 6) is 0. The molecule has 0 aliphatic carbocycles. The van der Waals surface area contributed by atoms with Crippen LogP contribution in [0.2, 0.25) is 0 Å². The van der Waals surface area contributed by atoms with Crippen molar-refractivity contribution < 1.29 is 0 Å². The molecule has 0 heterocycles. The van der Waals surface area contributed by atoms with E-state index in [4.69, 9.17) is 5.26 Å². The minimum Gasteiger partial charge on any atom is -0.294 e. The third kappa shape index (κ3) is 3.35. The van der Waals surface area contributed by atoms with Crippen LogP contribution in [0.15, 0.2) is 4.99 Å². The van der Waals surface area contributed by atoms with Gasteiger partial charge in [-0.15, -0.1) is 0 Å². The second-order valence-corrected chi connectivity index (χ2v) is 1.54. The molecule has 2 nitrogen and oxygen atoms in total. The van der Waals surface area contributed by atoms with Gasteiger partial charge in [0.05, 0.1) is 12.5 Å². The smallest absolute Gasteiger partial charge is 0.0728 e. The number of nitrogens with zero attached hydrogens (tertiary/aromatic N) is 2. The Labute approximate surface area is 49.9 Å². The van der Waals surface area contributed by atoms with E-state index in [0.29, 0.717) is 6.42 Å². The molecule has 0 aromatic rings. The van der Waals surface area contributed by atoms with Crippen LogP contribution in [0.3, 0.4) is 0 Å². The molecule has 0 aliphatic heterocycles. The van der Waals surface area contributed by atoms with Crippen LogP contribution in [0.5, 0.6) is 0 Å². The third-order valence-electron chi connectivity index (χ3n) is 0.763. The van der Waals surface area contributed by atoms with Gasteiger partial charge < -0.3 is 0 Å². The first-order chi connectivity index (χ1) is 3.81. The monoisotopic (exact) mass is 110 g/mol. The second-order valence-electron chi connectivity index (χ2n) is 1.54. The fraction of sp³-hybridized carbons (Fsp3) is 0.667. The highest BCUT2D eigenvalue weighted by molar-refractivity contribution is 5.83. The summed E-state index contributed by atoms with van der Waals surface area (Å²) >= 11 is 0. The van der Waals surface area contributed by atoms with Crippen LogP contribution in [-0.2, 0) is 0 Å². The molecule has 2 heteroatoms. The largest absolute Gasteiger partial charge is 0.294 e. The molecule has 44 valence electrons. The molecule has 0 saturated heterocycles. The number of hydrogen-bond donors (Lipinski definition) is 0. The number of hydrogen-bond acceptors (Lipinski definition) is 2. The van der Waals surface area contributed by atoms with Gasteiger partial charge in [-0.05, 0) is 13.8 Å². The van der Waals surface area contributed by atoms with Gasteiger partial charge in [0, 0.05) is 12.3 Å². The standard InChI is InChI=1S/C6H10N2/c1-3-8-6(2)4-5-7/h3-4H2,1-2H3. The lowest BCUT2D eigenvalue weighted by Crippen LogP contribution is -1.88. The van der Waals surface area contributed by atoms with Crippen LogP contribution >= 0.6 is 0 Å². The quantitative estimate of drug-likeness (QED) is 0.495. The zero-order valence-electron chi connectivity index (χ0n) is 5.31. The first kappa shape index (κ1) is 7.16. The topological polar surface area (TPSA) is 36.1 Å². The number of rotatable bonds is 2. The molecule has 0 N–H and O–H groups in total. The first-order valence-corrected chi connectivity index (χ1v) is 2.68. The Hall–Kier alpha value is -0.840. The summed E-state index contributed by atoms with van der Waals surface area (Å²) in [6.07, 6.45) is 0.466. The predicted octanol–water partition coefficient (Wildman–Crippen LogP) is 1.38. The zero-order chi connectivity index (χ0) is 6.41. The molecule has 0 fully saturated rings. The normalized spacial score (nSPS) is 10.9. The molecule has 0 aromatic heterocycles. The lowest BCUT2D eigenvalue weighted by atomic mass is 10.3. The van der Waals surface area contributed by atoms with Crippen molar-refractivity contribution in [3.8, 4) is 6.07 Å². The summed E-state index contributed by atoms with van der Waals surface area (Å²) in [4.78, 5) is 4.01. The molecule has 0 aromatic carbocycles. The maximum absolute atomic E-state index is 8.13. The van der Waals surface area contributed by atoms with E-state index in [-0.39, 0.29) is 0 Å². The van der Waals surface area contributed by atoms with Crippen molar-refractivity contribution in [1.82, 2.24) is 0 Å². The van der Waals surface area contributed by atoms with E-state index in [0.717, 1.165) is 12.3 Å². The number of nitriles is 1. The van der Waals surface area contributed by atoms with Crippen molar-refractivity contribution in [2.75, 3.05) is 6.54 Å². The molecular formula is C6H10N2. The van der Waals surface area contributed by atoms with Gasteiger partial charge in [0.1, 0.15) is 0 Å². The lowest BCUT2D eigenvalue weighted by Gasteiger charge is -1.86. The minimum absolute atomic E-state index is 0.466. The van der Waals surface area contributed by atoms with Gasteiger partial charge >= 0.3 is 0 Å². The van der Waals surface area contributed by atoms with Crippen LogP contribution in [0, 0.1) is 11.3 Å². The molecule has 0 aliphatic rings. The molecule has 0 bridgehead atoms. The maximum atomic E-state index is 8.13. The van der Waals surface area contributed by atoms with Gasteiger partial charge in [-0.1, -0.05) is 0 Å². The van der Waals surface area contributed by atoms with Crippen LogP contribution in [0.1, 0.15) is 20.3 Å². The second kappa shape index (κ2) is 4.32. The fourth-order valence-corrected chi connectivity index (χ4v) is 0.440. The van der Waals surface area contributed by atoms with Gasteiger partial charge in [0.15, 0.2) is 0 Å². The Kier molecular flexibility index (Phi) is 3.87. The maximum Gasteiger partial charge on any atom is 0.0728 e. The molecule has 0 saturated carbocycles. The van der Waals surface area contributed by atoms with Crippen molar-refractivity contribution in [2.45, 2.75) is 20.3 Å². The third-order valence-corrected chi connectivity index (χ3v) is 0.763. The Morgan fingerprint density at radius 1 is 1.75 bits per heavy atom. The SMILES string of the molecule is CCN=C(C)CC#N. The van der Waals surface area contributed by atoms with Gasteiger partial charge in [-0.25, -0.2) is 0 Å². The molecule has 0 amide bonds. The first-order valence-electron chi connectivity index (χ1n) is 2.68. The van der Waals surface area contributed by atoms with Crippen molar-refractivity contribution in [3.63, 3.8) is 0 Å². The summed E-state index contributed by atoms with van der Waals surface area (Å²) in [7, 11) is 0. The Morgan fingerprint density at radius 2 is 2.38 bits per heavy atom. The van der Waals surface area contributed by atoms with Crippen LogP contribution in [-0.4, -0.2) is 12.3 Å². The van der Waals surface area contributed by atoms with E-state index in [9.17, 15) is 0 Å². The van der Waals surface area contributed by atoms with Crippen LogP contribution in [0.4, 0.5) is 0 Å². The van der Waals surface area contributed by atoms with E-state index in [1.807, 2.05) is 19.9 Å². The Bertz CT molecular complexity index is 119. The van der Waals surface area contributed by atoms with E-state index >= 15 is 0 Å². The average Bonchev–Trinajstić information content (AvgIpc) is 1.68. The Balaban J connectivity index is 3.49. The van der Waals surface area contributed by atoms with Crippen molar-refractivity contribution in [2.24, 2.45) is 4.99 Å². The highest BCUT2D eigenvalue weighted by Gasteiger charge is 1.83. The van der Waals surface area contributed by atoms with E-state index in [1.54, 1.807) is 0 Å².